The van der Waals surface area contributed by atoms with E-state index in [1.807, 2.05) is 0 Å². The van der Waals surface area contributed by atoms with Gasteiger partial charge in [0.15, 0.2) is 11.5 Å². The number of nitrogens with one attached hydrogen (secondary N) is 2. The van der Waals surface area contributed by atoms with Gasteiger partial charge in [-0.25, -0.2) is 9.59 Å². The Bertz CT molecular complexity index is 1630. The maximum absolute atomic E-state index is 12.8. The number of esters is 2. The number of halogens is 6. The molecule has 2 atom stereocenters. The summed E-state index contributed by atoms with van der Waals surface area (Å²) in [7, 11) is 0. The zero-order valence-corrected chi connectivity index (χ0v) is 26.3. The molecule has 262 valence electrons. The fourth-order valence-electron chi connectivity index (χ4n) is 4.69. The van der Waals surface area contributed by atoms with Crippen LogP contribution in [0.3, 0.4) is 0 Å². The minimum atomic E-state index is -5.37. The molecule has 0 unspecified atom stereocenters. The van der Waals surface area contributed by atoms with Gasteiger partial charge >= 0.3 is 24.3 Å². The van der Waals surface area contributed by atoms with Crippen molar-refractivity contribution < 1.29 is 59.7 Å². The van der Waals surface area contributed by atoms with Gasteiger partial charge in [0.25, 0.3) is 5.91 Å². The van der Waals surface area contributed by atoms with Crippen molar-refractivity contribution >= 4 is 40.1 Å². The van der Waals surface area contributed by atoms with E-state index in [-0.39, 0.29) is 12.1 Å². The first-order valence-corrected chi connectivity index (χ1v) is 14.7. The predicted octanol–water partition coefficient (Wildman–Crippen LogP) is 5.49. The number of amides is 1. The Hall–Kier alpha value is -4.80. The number of benzene rings is 2. The third-order valence-corrected chi connectivity index (χ3v) is 6.96. The second-order valence-electron chi connectivity index (χ2n) is 10.2. The molecule has 0 bridgehead atoms. The number of alkyl halides is 6. The van der Waals surface area contributed by atoms with Crippen LogP contribution in [0, 0.1) is 0 Å². The van der Waals surface area contributed by atoms with Crippen LogP contribution in [0.5, 0.6) is 11.5 Å². The third kappa shape index (κ3) is 9.39. The Morgan fingerprint density at radius 2 is 1.56 bits per heavy atom. The smallest absolute Gasteiger partial charge is 0.490 e. The minimum absolute atomic E-state index is 0.0477. The van der Waals surface area contributed by atoms with Gasteiger partial charge in [-0.05, 0) is 50.5 Å². The Kier molecular flexibility index (Phi) is 12.4. The van der Waals surface area contributed by atoms with E-state index in [4.69, 9.17) is 15.2 Å². The lowest BCUT2D eigenvalue weighted by atomic mass is 10.0. The highest BCUT2D eigenvalue weighted by Crippen LogP contribution is 2.38. The monoisotopic (exact) mass is 688 g/mol. The Morgan fingerprint density at radius 1 is 0.938 bits per heavy atom. The van der Waals surface area contributed by atoms with Gasteiger partial charge in [-0.3, -0.25) is 9.78 Å². The molecule has 0 aliphatic heterocycles. The summed E-state index contributed by atoms with van der Waals surface area (Å²) in [6.45, 7) is 5.82. The van der Waals surface area contributed by atoms with Crippen LogP contribution in [0.4, 0.5) is 37.7 Å². The average Bonchev–Trinajstić information content (AvgIpc) is 3.00. The summed E-state index contributed by atoms with van der Waals surface area (Å²) < 4.78 is 96.8. The van der Waals surface area contributed by atoms with Crippen molar-refractivity contribution in [2.24, 2.45) is 5.73 Å². The van der Waals surface area contributed by atoms with E-state index in [0.717, 1.165) is 6.92 Å². The lowest BCUT2D eigenvalue weighted by Gasteiger charge is -2.26. The topological polar surface area (TPSA) is 151 Å². The minimum Gasteiger partial charge on any atom is -0.490 e. The zero-order chi connectivity index (χ0) is 35.8. The molecule has 11 nitrogen and oxygen atoms in total. The van der Waals surface area contributed by atoms with Crippen LogP contribution >= 0.6 is 0 Å². The number of ether oxygens (including phenoxy) is 4. The summed E-state index contributed by atoms with van der Waals surface area (Å²) in [5.41, 5.74) is 8.11. The second kappa shape index (κ2) is 15.9. The normalized spacial score (nSPS) is 13.0. The van der Waals surface area contributed by atoms with Crippen LogP contribution in [0.15, 0.2) is 36.5 Å². The van der Waals surface area contributed by atoms with Crippen molar-refractivity contribution in [3.63, 3.8) is 0 Å². The van der Waals surface area contributed by atoms with E-state index in [2.05, 4.69) is 25.1 Å². The first-order chi connectivity index (χ1) is 22.5. The van der Waals surface area contributed by atoms with Gasteiger partial charge in [0.05, 0.1) is 36.0 Å². The van der Waals surface area contributed by atoms with Crippen molar-refractivity contribution in [2.75, 3.05) is 25.1 Å². The van der Waals surface area contributed by atoms with Gasteiger partial charge in [-0.15, -0.1) is 0 Å². The Morgan fingerprint density at radius 3 is 2.12 bits per heavy atom. The van der Waals surface area contributed by atoms with Gasteiger partial charge in [0.1, 0.15) is 12.7 Å². The number of primary amides is 1. The van der Waals surface area contributed by atoms with Gasteiger partial charge in [-0.1, -0.05) is 19.1 Å². The molecule has 3 aromatic rings. The number of carbonyl (C=O) groups excluding carboxylic acids is 3. The molecular weight excluding hydrogens is 654 g/mol. The summed E-state index contributed by atoms with van der Waals surface area (Å²) in [4.78, 5) is 39.6. The highest BCUT2D eigenvalue weighted by atomic mass is 19.4. The SMILES string of the molecule is CCOc1cc2ncc(C(N)=O)c(Nc3cccc(CN[C@H](COC(=O)C(F)(F)F)[C@@H](C)OC(=O)C(F)(F)F)c3CC)c2cc1OCC. The molecule has 0 aliphatic carbocycles. The molecule has 0 radical (unpaired) electrons. The van der Waals surface area contributed by atoms with E-state index in [1.165, 1.54) is 6.20 Å². The molecule has 2 aromatic carbocycles. The standard InChI is InChI=1S/C31H34F6N4O7/c1-5-18-17(13-39-23(15-47-28(43)30(32,33)34)16(4)48-29(44)31(35,36)37)9-8-10-21(18)41-26-19-11-24(45-6-2)25(46-7-3)12-22(19)40-14-20(26)27(38)42/h8-12,14,16,23,39H,5-7,13,15H2,1-4H3,(H2,38,42)(H,40,41)/t16-,23-/m1/s1. The molecule has 0 saturated heterocycles. The van der Waals surface area contributed by atoms with Crippen LogP contribution in [-0.2, 0) is 32.0 Å². The van der Waals surface area contributed by atoms with Crippen LogP contribution in [0.2, 0.25) is 0 Å². The number of nitrogens with zero attached hydrogens (tertiary/aromatic N) is 1. The maximum atomic E-state index is 12.8. The number of pyridine rings is 1. The summed E-state index contributed by atoms with van der Waals surface area (Å²) in [6, 6.07) is 6.78. The van der Waals surface area contributed by atoms with Crippen LogP contribution in [0.25, 0.3) is 10.9 Å². The van der Waals surface area contributed by atoms with Crippen molar-refractivity contribution in [2.45, 2.75) is 65.2 Å². The van der Waals surface area contributed by atoms with Crippen molar-refractivity contribution in [1.29, 1.82) is 0 Å². The van der Waals surface area contributed by atoms with E-state index >= 15 is 0 Å². The molecule has 17 heteroatoms. The maximum Gasteiger partial charge on any atom is 0.490 e. The number of hydrogen-bond acceptors (Lipinski definition) is 10. The molecule has 0 spiro atoms. The summed E-state index contributed by atoms with van der Waals surface area (Å²) in [5.74, 6) is -5.09. The van der Waals surface area contributed by atoms with Crippen molar-refractivity contribution in [3.05, 3.63) is 53.2 Å². The molecule has 0 saturated carbocycles. The fraction of sp³-hybridized carbons (Fsp3) is 0.419. The van der Waals surface area contributed by atoms with Crippen LogP contribution in [0.1, 0.15) is 49.2 Å². The lowest BCUT2D eigenvalue weighted by Crippen LogP contribution is -2.46. The average molecular weight is 689 g/mol. The van der Waals surface area contributed by atoms with Gasteiger partial charge in [-0.2, -0.15) is 26.3 Å². The molecule has 4 N–H and O–H groups in total. The summed E-state index contributed by atoms with van der Waals surface area (Å²) >= 11 is 0. The Balaban J connectivity index is 2.00. The highest BCUT2D eigenvalue weighted by molar-refractivity contribution is 6.08. The molecule has 0 aliphatic rings. The first kappa shape index (κ1) is 37.7. The molecular formula is C31H34F6N4O7. The van der Waals surface area contributed by atoms with Gasteiger partial charge < -0.3 is 35.3 Å². The second-order valence-corrected chi connectivity index (χ2v) is 10.2. The molecule has 1 amide bonds. The number of rotatable bonds is 15. The van der Waals surface area contributed by atoms with Crippen molar-refractivity contribution in [3.8, 4) is 11.5 Å². The number of hydrogen-bond donors (Lipinski definition) is 3. The number of fused-ring (bicyclic) bond motifs is 1. The quantitative estimate of drug-likeness (QED) is 0.138. The van der Waals surface area contributed by atoms with E-state index < -0.39 is 49.0 Å². The van der Waals surface area contributed by atoms with E-state index in [9.17, 15) is 40.7 Å². The number of aromatic nitrogens is 1. The molecule has 3 rings (SSSR count). The van der Waals surface area contributed by atoms with Crippen LogP contribution in [-0.4, -0.2) is 67.1 Å². The van der Waals surface area contributed by atoms with Gasteiger partial charge in [0, 0.05) is 29.9 Å². The summed E-state index contributed by atoms with van der Waals surface area (Å²) in [5, 5.41) is 6.43. The largest absolute Gasteiger partial charge is 0.490 e. The molecule has 48 heavy (non-hydrogen) atoms. The number of nitrogens with two attached hydrogens (primary N) is 1. The summed E-state index contributed by atoms with van der Waals surface area (Å²) in [6.07, 6.45) is -10.7. The Labute approximate surface area is 271 Å². The first-order valence-electron chi connectivity index (χ1n) is 14.7. The van der Waals surface area contributed by atoms with E-state index in [0.29, 0.717) is 64.5 Å². The molecule has 1 heterocycles. The fourth-order valence-corrected chi connectivity index (χ4v) is 4.69. The van der Waals surface area contributed by atoms with E-state index in [1.54, 1.807) is 51.1 Å². The van der Waals surface area contributed by atoms with Crippen molar-refractivity contribution in [1.82, 2.24) is 10.3 Å². The number of carbonyl (C=O) groups is 3. The molecule has 0 fully saturated rings. The van der Waals surface area contributed by atoms with Gasteiger partial charge in [0.2, 0.25) is 0 Å². The molecule has 1 aromatic heterocycles. The highest BCUT2D eigenvalue weighted by Gasteiger charge is 2.44. The zero-order valence-electron chi connectivity index (χ0n) is 26.3. The third-order valence-electron chi connectivity index (χ3n) is 6.96. The number of anilines is 2. The lowest BCUT2D eigenvalue weighted by molar-refractivity contribution is -0.208. The predicted molar refractivity (Wildman–Crippen MR) is 161 cm³/mol. The van der Waals surface area contributed by atoms with Crippen LogP contribution < -0.4 is 25.8 Å².